The first-order valence-corrected chi connectivity index (χ1v) is 5.32. The first-order valence-electron chi connectivity index (χ1n) is 5.32. The predicted molar refractivity (Wildman–Crippen MR) is 56.6 cm³/mol. The minimum atomic E-state index is -1.01. The molecule has 1 fully saturated rings. The van der Waals surface area contributed by atoms with Crippen molar-refractivity contribution in [3.63, 3.8) is 0 Å². The number of carbonyl (C=O) groups is 1. The van der Waals surface area contributed by atoms with E-state index < -0.39 is 5.97 Å². The summed E-state index contributed by atoms with van der Waals surface area (Å²) in [4.78, 5) is 11.1. The number of hydrogen-bond donors (Lipinski definition) is 2. The number of nitrogens with one attached hydrogen (secondary N) is 1. The Hall–Kier alpha value is -1.56. The van der Waals surface area contributed by atoms with Crippen LogP contribution in [0.25, 0.3) is 0 Å². The van der Waals surface area contributed by atoms with Gasteiger partial charge >= 0.3 is 5.97 Å². The summed E-state index contributed by atoms with van der Waals surface area (Å²) in [6.45, 7) is 0.895. The van der Waals surface area contributed by atoms with Crippen molar-refractivity contribution >= 4 is 5.97 Å². The van der Waals surface area contributed by atoms with Gasteiger partial charge in [-0.05, 0) is 25.8 Å². The molecule has 2 rings (SSSR count). The highest BCUT2D eigenvalue weighted by molar-refractivity contribution is 5.88. The van der Waals surface area contributed by atoms with Crippen LogP contribution in [0.2, 0.25) is 0 Å². The van der Waals surface area contributed by atoms with Crippen LogP contribution in [0.5, 0.6) is 5.75 Å². The molecule has 1 atom stereocenters. The van der Waals surface area contributed by atoms with Gasteiger partial charge in [0.15, 0.2) is 11.4 Å². The average molecular weight is 225 g/mol. The molecule has 2 N–H and O–H groups in total. The van der Waals surface area contributed by atoms with E-state index in [1.54, 1.807) is 0 Å². The van der Waals surface area contributed by atoms with Gasteiger partial charge in [0.05, 0.1) is 13.3 Å². The molecular weight excluding hydrogens is 210 g/mol. The van der Waals surface area contributed by atoms with E-state index in [0.717, 1.165) is 25.8 Å². The number of hydrogen-bond acceptors (Lipinski definition) is 4. The van der Waals surface area contributed by atoms with Crippen molar-refractivity contribution in [2.24, 2.45) is 0 Å². The van der Waals surface area contributed by atoms with Gasteiger partial charge in [0.2, 0.25) is 0 Å². The van der Waals surface area contributed by atoms with E-state index in [2.05, 4.69) is 10.4 Å². The van der Waals surface area contributed by atoms with Crippen LogP contribution in [0.4, 0.5) is 0 Å². The Balaban J connectivity index is 2.32. The summed E-state index contributed by atoms with van der Waals surface area (Å²) in [6, 6.07) is 0. The summed E-state index contributed by atoms with van der Waals surface area (Å²) in [7, 11) is 1.45. The Morgan fingerprint density at radius 2 is 2.50 bits per heavy atom. The van der Waals surface area contributed by atoms with Crippen LogP contribution in [0, 0.1) is 0 Å². The summed E-state index contributed by atoms with van der Waals surface area (Å²) in [6.07, 6.45) is 4.50. The van der Waals surface area contributed by atoms with Gasteiger partial charge in [-0.25, -0.2) is 9.48 Å². The van der Waals surface area contributed by atoms with Gasteiger partial charge in [-0.1, -0.05) is 0 Å². The van der Waals surface area contributed by atoms with Gasteiger partial charge in [0.25, 0.3) is 0 Å². The first kappa shape index (κ1) is 10.9. The molecule has 0 aliphatic carbocycles. The van der Waals surface area contributed by atoms with Crippen LogP contribution in [0.15, 0.2) is 6.20 Å². The van der Waals surface area contributed by atoms with Crippen molar-refractivity contribution < 1.29 is 14.6 Å². The van der Waals surface area contributed by atoms with Crippen molar-refractivity contribution in [3.05, 3.63) is 11.9 Å². The van der Waals surface area contributed by atoms with Gasteiger partial charge in [-0.2, -0.15) is 5.10 Å². The average Bonchev–Trinajstić information content (AvgIpc) is 2.73. The molecule has 1 saturated heterocycles. The van der Waals surface area contributed by atoms with Crippen molar-refractivity contribution in [2.75, 3.05) is 13.7 Å². The number of rotatable bonds is 3. The van der Waals surface area contributed by atoms with Crippen LogP contribution in [-0.4, -0.2) is 34.5 Å². The molecule has 16 heavy (non-hydrogen) atoms. The molecule has 0 spiro atoms. The van der Waals surface area contributed by atoms with Crippen LogP contribution >= 0.6 is 0 Å². The fourth-order valence-electron chi connectivity index (χ4n) is 1.98. The lowest BCUT2D eigenvalue weighted by Gasteiger charge is -2.24. The Labute approximate surface area is 93.2 Å². The number of carboxylic acids is 1. The molecule has 1 aliphatic rings. The Morgan fingerprint density at radius 3 is 3.06 bits per heavy atom. The lowest BCUT2D eigenvalue weighted by Crippen LogP contribution is -2.33. The summed E-state index contributed by atoms with van der Waals surface area (Å²) < 4.78 is 6.49. The number of ether oxygens (including phenoxy) is 1. The molecule has 1 aromatic heterocycles. The third-order valence-electron chi connectivity index (χ3n) is 2.76. The molecule has 1 unspecified atom stereocenters. The number of carboxylic acid groups (broad SMARTS) is 1. The zero-order valence-corrected chi connectivity index (χ0v) is 9.14. The summed E-state index contributed by atoms with van der Waals surface area (Å²) in [5, 5.41) is 16.5. The molecule has 0 aromatic carbocycles. The maximum absolute atomic E-state index is 11.1. The Morgan fingerprint density at radius 1 is 1.69 bits per heavy atom. The highest BCUT2D eigenvalue weighted by Gasteiger charge is 2.24. The monoisotopic (exact) mass is 225 g/mol. The molecule has 88 valence electrons. The molecular formula is C10H15N3O3. The van der Waals surface area contributed by atoms with E-state index in [9.17, 15) is 4.79 Å². The number of methoxy groups -OCH3 is 1. The van der Waals surface area contributed by atoms with E-state index >= 15 is 0 Å². The molecule has 0 amide bonds. The van der Waals surface area contributed by atoms with Crippen LogP contribution in [0.1, 0.15) is 35.9 Å². The second kappa shape index (κ2) is 4.52. The van der Waals surface area contributed by atoms with E-state index in [1.165, 1.54) is 18.0 Å². The summed E-state index contributed by atoms with van der Waals surface area (Å²) in [5.41, 5.74) is 0.113. The number of nitrogens with zero attached hydrogens (tertiary/aromatic N) is 2. The fraction of sp³-hybridized carbons (Fsp3) is 0.600. The summed E-state index contributed by atoms with van der Waals surface area (Å²) in [5.74, 6) is -0.707. The lowest BCUT2D eigenvalue weighted by molar-refractivity contribution is 0.0672. The van der Waals surface area contributed by atoms with Crippen LogP contribution in [-0.2, 0) is 0 Å². The van der Waals surface area contributed by atoms with Crippen molar-refractivity contribution in [1.82, 2.24) is 15.1 Å². The predicted octanol–water partition coefficient (Wildman–Crippen LogP) is 0.862. The quantitative estimate of drug-likeness (QED) is 0.798. The molecule has 0 radical (unpaired) electrons. The number of aromatic carboxylic acids is 1. The van der Waals surface area contributed by atoms with Crippen molar-refractivity contribution in [1.29, 1.82) is 0 Å². The van der Waals surface area contributed by atoms with Crippen LogP contribution in [0.3, 0.4) is 0 Å². The largest absolute Gasteiger partial charge is 0.493 e. The number of piperidine rings is 1. The van der Waals surface area contributed by atoms with Crippen molar-refractivity contribution in [3.8, 4) is 5.75 Å². The molecule has 0 saturated carbocycles. The maximum Gasteiger partial charge on any atom is 0.358 e. The van der Waals surface area contributed by atoms with E-state index in [0.29, 0.717) is 5.75 Å². The first-order chi connectivity index (χ1) is 7.74. The second-order valence-electron chi connectivity index (χ2n) is 3.78. The normalized spacial score (nSPS) is 20.7. The lowest BCUT2D eigenvalue weighted by atomic mass is 10.1. The minimum absolute atomic E-state index is 0.0382. The molecule has 1 aromatic rings. The molecule has 6 heteroatoms. The highest BCUT2D eigenvalue weighted by Crippen LogP contribution is 2.24. The van der Waals surface area contributed by atoms with E-state index in [4.69, 9.17) is 9.84 Å². The van der Waals surface area contributed by atoms with Gasteiger partial charge in [0.1, 0.15) is 6.17 Å². The van der Waals surface area contributed by atoms with Gasteiger partial charge in [0, 0.05) is 0 Å². The molecule has 2 heterocycles. The smallest absolute Gasteiger partial charge is 0.358 e. The zero-order valence-electron chi connectivity index (χ0n) is 9.14. The topological polar surface area (TPSA) is 76.4 Å². The summed E-state index contributed by atoms with van der Waals surface area (Å²) >= 11 is 0. The maximum atomic E-state index is 11.1. The van der Waals surface area contributed by atoms with Crippen LogP contribution < -0.4 is 10.1 Å². The SMILES string of the molecule is COc1cnn(C2CCCCN2)c1C(=O)O. The Kier molecular flexibility index (Phi) is 3.09. The van der Waals surface area contributed by atoms with Gasteiger partial charge < -0.3 is 9.84 Å². The molecule has 1 aliphatic heterocycles. The highest BCUT2D eigenvalue weighted by atomic mass is 16.5. The zero-order chi connectivity index (χ0) is 11.5. The van der Waals surface area contributed by atoms with Gasteiger partial charge in [-0.15, -0.1) is 0 Å². The number of aromatic nitrogens is 2. The third kappa shape index (κ3) is 1.88. The second-order valence-corrected chi connectivity index (χ2v) is 3.78. The fourth-order valence-corrected chi connectivity index (χ4v) is 1.98. The van der Waals surface area contributed by atoms with Gasteiger partial charge in [-0.3, -0.25) is 5.32 Å². The van der Waals surface area contributed by atoms with E-state index in [1.807, 2.05) is 0 Å². The Bertz CT molecular complexity index is 383. The molecule has 0 bridgehead atoms. The third-order valence-corrected chi connectivity index (χ3v) is 2.76. The van der Waals surface area contributed by atoms with Crippen molar-refractivity contribution in [2.45, 2.75) is 25.4 Å². The standard InChI is InChI=1S/C10H15N3O3/c1-16-7-6-12-13(9(7)10(14)15)8-4-2-3-5-11-8/h6,8,11H,2-5H2,1H3,(H,14,15). The minimum Gasteiger partial charge on any atom is -0.493 e. The van der Waals surface area contributed by atoms with E-state index in [-0.39, 0.29) is 11.9 Å². The molecule has 6 nitrogen and oxygen atoms in total.